The second-order valence-corrected chi connectivity index (χ2v) is 19.3. The van der Waals surface area contributed by atoms with Crippen LogP contribution in [-0.4, -0.2) is 104 Å². The molecule has 1 aliphatic heterocycles. The number of Topliss-reactive ketones (excluding diaryl/α,β-unsaturated/α-hetero) is 1. The summed E-state index contributed by atoms with van der Waals surface area (Å²) in [6, 6.07) is 16.4. The van der Waals surface area contributed by atoms with E-state index in [1.54, 1.807) is 78.8 Å². The highest BCUT2D eigenvalue weighted by molar-refractivity contribution is 7.99. The second kappa shape index (κ2) is 16.5. The van der Waals surface area contributed by atoms with E-state index in [-0.39, 0.29) is 25.0 Å². The minimum atomic E-state index is -1.99. The Morgan fingerprint density at radius 3 is 2.13 bits per heavy atom. The number of thioether (sulfide) groups is 1. The molecular formula is C45H57NO13S. The number of fused-ring (bicyclic) bond motifs is 5. The predicted octanol–water partition coefficient (Wildman–Crippen LogP) is 4.91. The van der Waals surface area contributed by atoms with E-state index in [9.17, 15) is 34.5 Å². The van der Waals surface area contributed by atoms with Crippen molar-refractivity contribution in [3.05, 3.63) is 82.9 Å². The standard InChI is InChI=1S/C45H57NO13S/c1-24-29(57-39(52)34(50)33(28-18-14-11-15-19-28)46-40(53)59-41(4,5)6)21-45(54)38(60-22-27-16-12-10-13-17-27)36-43(9,30(49)20-31-44(36,23-55-31)58-26(3)48)37(51)35(56-25(2)47)32(24)42(45,7)8/h10-19,29-31,33-36,38,49-50,54H,20-23H2,1-9H3,(H,46,53)/t29-,30-,31+,33-,34+,35+,36-,38-,43+,44-,45+/m0/s1. The quantitative estimate of drug-likeness (QED) is 0.143. The fraction of sp³-hybridized carbons (Fsp3) is 0.578. The number of aliphatic hydroxyl groups excluding tert-OH is 2. The van der Waals surface area contributed by atoms with Gasteiger partial charge in [-0.1, -0.05) is 74.5 Å². The Hall–Kier alpha value is -4.28. The number of ketones is 1. The maximum atomic E-state index is 15.5. The van der Waals surface area contributed by atoms with Crippen molar-refractivity contribution >= 4 is 41.5 Å². The summed E-state index contributed by atoms with van der Waals surface area (Å²) in [6.07, 6.45) is -8.47. The van der Waals surface area contributed by atoms with Crippen molar-refractivity contribution in [1.82, 2.24) is 5.32 Å². The molecule has 3 fully saturated rings. The Kier molecular flexibility index (Phi) is 12.5. The van der Waals surface area contributed by atoms with E-state index >= 15 is 4.79 Å². The Morgan fingerprint density at radius 2 is 1.58 bits per heavy atom. The molecule has 60 heavy (non-hydrogen) atoms. The lowest BCUT2D eigenvalue weighted by Crippen LogP contribution is -2.81. The van der Waals surface area contributed by atoms with Crippen LogP contribution < -0.4 is 5.32 Å². The van der Waals surface area contributed by atoms with Crippen molar-refractivity contribution in [2.24, 2.45) is 16.7 Å². The molecule has 2 bridgehead atoms. The third-order valence-corrected chi connectivity index (χ3v) is 14.4. The predicted molar refractivity (Wildman–Crippen MR) is 219 cm³/mol. The number of nitrogens with one attached hydrogen (secondary N) is 1. The third-order valence-electron chi connectivity index (χ3n) is 12.9. The fourth-order valence-corrected chi connectivity index (χ4v) is 11.8. The summed E-state index contributed by atoms with van der Waals surface area (Å²) in [7, 11) is 0. The molecule has 0 aromatic heterocycles. The Labute approximate surface area is 354 Å². The Morgan fingerprint density at radius 1 is 0.967 bits per heavy atom. The Bertz CT molecular complexity index is 2020. The van der Waals surface area contributed by atoms with Gasteiger partial charge in [0.2, 0.25) is 0 Å². The second-order valence-electron chi connectivity index (χ2n) is 18.2. The van der Waals surface area contributed by atoms with Crippen molar-refractivity contribution < 1.29 is 63.0 Å². The van der Waals surface area contributed by atoms with Gasteiger partial charge in [-0.3, -0.25) is 14.4 Å². The van der Waals surface area contributed by atoms with E-state index in [4.69, 9.17) is 23.7 Å². The fourth-order valence-electron chi connectivity index (χ4n) is 9.87. The summed E-state index contributed by atoms with van der Waals surface area (Å²) >= 11 is 1.31. The molecule has 14 nitrogen and oxygen atoms in total. The molecule has 0 radical (unpaired) electrons. The van der Waals surface area contributed by atoms with E-state index in [1.165, 1.54) is 18.7 Å². The smallest absolute Gasteiger partial charge is 0.408 e. The van der Waals surface area contributed by atoms with Gasteiger partial charge in [-0.15, -0.1) is 0 Å². The summed E-state index contributed by atoms with van der Waals surface area (Å²) in [6.45, 7) is 13.9. The number of amides is 1. The first kappa shape index (κ1) is 45.3. The SMILES string of the molecule is CC(=O)O[C@H]1C(=O)[C@@]2(C)[C@H]([C@H](SCc3ccccc3)[C@]3(O)C[C@H](OC(=O)[C@H](O)[C@@H](NC(=O)OC(C)(C)C)c4ccccc4)C(C)=C1C3(C)C)[C@]1(OC(C)=O)CO[C@@H]1C[C@@H]2O. The van der Waals surface area contributed by atoms with Gasteiger partial charge in [0.25, 0.3) is 0 Å². The minimum absolute atomic E-state index is 0.0766. The maximum Gasteiger partial charge on any atom is 0.408 e. The lowest BCUT2D eigenvalue weighted by Gasteiger charge is -2.68. The molecule has 6 rings (SSSR count). The zero-order valence-electron chi connectivity index (χ0n) is 35.6. The molecule has 4 aliphatic rings. The molecule has 1 heterocycles. The molecule has 15 heteroatoms. The highest BCUT2D eigenvalue weighted by Gasteiger charge is 2.77. The molecule has 4 N–H and O–H groups in total. The number of benzene rings is 2. The number of hydrogen-bond acceptors (Lipinski definition) is 14. The van der Waals surface area contributed by atoms with Crippen molar-refractivity contribution in [2.75, 3.05) is 6.61 Å². The molecule has 1 saturated heterocycles. The van der Waals surface area contributed by atoms with Crippen molar-refractivity contribution in [3.63, 3.8) is 0 Å². The van der Waals surface area contributed by atoms with Gasteiger partial charge in [-0.05, 0) is 56.9 Å². The monoisotopic (exact) mass is 851 g/mol. The molecule has 2 saturated carbocycles. The van der Waals surface area contributed by atoms with Crippen LogP contribution in [0.2, 0.25) is 0 Å². The van der Waals surface area contributed by atoms with E-state index in [0.717, 1.165) is 12.5 Å². The number of hydrogen-bond donors (Lipinski definition) is 4. The van der Waals surface area contributed by atoms with Gasteiger partial charge < -0.3 is 44.3 Å². The van der Waals surface area contributed by atoms with Crippen molar-refractivity contribution in [2.45, 2.75) is 140 Å². The van der Waals surface area contributed by atoms with Crippen LogP contribution in [-0.2, 0) is 48.6 Å². The molecular weight excluding hydrogens is 795 g/mol. The molecule has 11 atom stereocenters. The molecule has 0 unspecified atom stereocenters. The topological polar surface area (TPSA) is 204 Å². The van der Waals surface area contributed by atoms with E-state index in [1.807, 2.05) is 30.3 Å². The lowest BCUT2D eigenvalue weighted by atomic mass is 9.45. The highest BCUT2D eigenvalue weighted by atomic mass is 32.2. The first-order valence-electron chi connectivity index (χ1n) is 20.2. The minimum Gasteiger partial charge on any atom is -0.456 e. The zero-order valence-corrected chi connectivity index (χ0v) is 36.4. The van der Waals surface area contributed by atoms with Gasteiger partial charge in [-0.2, -0.15) is 11.8 Å². The number of carbonyl (C=O) groups excluding carboxylic acids is 5. The van der Waals surface area contributed by atoms with Gasteiger partial charge in [0.15, 0.2) is 23.6 Å². The van der Waals surface area contributed by atoms with Crippen LogP contribution in [0.3, 0.4) is 0 Å². The van der Waals surface area contributed by atoms with Gasteiger partial charge in [0.1, 0.15) is 17.8 Å². The van der Waals surface area contributed by atoms with E-state index in [0.29, 0.717) is 16.9 Å². The first-order chi connectivity index (χ1) is 28.0. The van der Waals surface area contributed by atoms with Gasteiger partial charge in [-0.25, -0.2) is 9.59 Å². The average molecular weight is 852 g/mol. The summed E-state index contributed by atoms with van der Waals surface area (Å²) in [5, 5.41) is 39.1. The van der Waals surface area contributed by atoms with E-state index < -0.39 is 105 Å². The Balaban J connectivity index is 1.52. The molecule has 326 valence electrons. The highest BCUT2D eigenvalue weighted by Crippen LogP contribution is 2.66. The largest absolute Gasteiger partial charge is 0.456 e. The zero-order chi connectivity index (χ0) is 44.2. The van der Waals surface area contributed by atoms with Crippen molar-refractivity contribution in [1.29, 1.82) is 0 Å². The summed E-state index contributed by atoms with van der Waals surface area (Å²) < 4.78 is 29.7. The summed E-state index contributed by atoms with van der Waals surface area (Å²) in [5.74, 6) is -4.14. The molecule has 2 aromatic carbocycles. The average Bonchev–Trinajstić information content (AvgIpc) is 3.16. The molecule has 3 aliphatic carbocycles. The van der Waals surface area contributed by atoms with Crippen LogP contribution in [0.4, 0.5) is 4.79 Å². The number of carbonyl (C=O) groups is 5. The van der Waals surface area contributed by atoms with Gasteiger partial charge in [0.05, 0.1) is 29.8 Å². The third kappa shape index (κ3) is 7.99. The number of esters is 3. The number of rotatable bonds is 10. The van der Waals surface area contributed by atoms with Crippen LogP contribution in [0, 0.1) is 16.7 Å². The summed E-state index contributed by atoms with van der Waals surface area (Å²) in [5.41, 5.74) is -5.84. The normalized spacial score (nSPS) is 33.0. The lowest BCUT2D eigenvalue weighted by molar-refractivity contribution is -0.325. The number of ether oxygens (including phenoxy) is 5. The molecule has 0 spiro atoms. The molecule has 1 amide bonds. The van der Waals surface area contributed by atoms with Crippen LogP contribution in [0.15, 0.2) is 71.8 Å². The van der Waals surface area contributed by atoms with Crippen molar-refractivity contribution in [3.8, 4) is 0 Å². The first-order valence-corrected chi connectivity index (χ1v) is 21.3. The van der Waals surface area contributed by atoms with Crippen LogP contribution >= 0.6 is 11.8 Å². The maximum absolute atomic E-state index is 15.5. The number of aliphatic hydroxyl groups is 3. The van der Waals surface area contributed by atoms with Gasteiger partial charge in [0, 0.05) is 49.0 Å². The van der Waals surface area contributed by atoms with Gasteiger partial charge >= 0.3 is 24.0 Å². The van der Waals surface area contributed by atoms with Crippen LogP contribution in [0.25, 0.3) is 0 Å². The summed E-state index contributed by atoms with van der Waals surface area (Å²) in [4.78, 5) is 68.8. The van der Waals surface area contributed by atoms with E-state index in [2.05, 4.69) is 5.32 Å². The van der Waals surface area contributed by atoms with Crippen LogP contribution in [0.5, 0.6) is 0 Å². The molecule has 2 aromatic rings. The van der Waals surface area contributed by atoms with Crippen LogP contribution in [0.1, 0.15) is 92.3 Å². The number of alkyl carbamates (subject to hydrolysis) is 1.